The van der Waals surface area contributed by atoms with Gasteiger partial charge >= 0.3 is 0 Å². The quantitative estimate of drug-likeness (QED) is 0.289. The van der Waals surface area contributed by atoms with E-state index in [2.05, 4.69) is 10.2 Å². The first-order chi connectivity index (χ1) is 16.6. The number of nitrogens with zero attached hydrogens (tertiary/aromatic N) is 4. The predicted molar refractivity (Wildman–Crippen MR) is 130 cm³/mol. The van der Waals surface area contributed by atoms with E-state index in [1.165, 1.54) is 11.8 Å². The van der Waals surface area contributed by atoms with E-state index < -0.39 is 0 Å². The normalized spacial score (nSPS) is 11.0. The summed E-state index contributed by atoms with van der Waals surface area (Å²) in [4.78, 5) is 16.0. The molecule has 0 spiro atoms. The average molecular weight is 500 g/mol. The van der Waals surface area contributed by atoms with Gasteiger partial charge < -0.3 is 19.6 Å². The van der Waals surface area contributed by atoms with Gasteiger partial charge in [0.2, 0.25) is 5.91 Å². The van der Waals surface area contributed by atoms with Crippen LogP contribution in [-0.4, -0.2) is 39.4 Å². The average Bonchev–Trinajstić information content (AvgIpc) is 3.59. The molecule has 0 aliphatic heterocycles. The summed E-state index contributed by atoms with van der Waals surface area (Å²) in [5, 5.41) is 12.3. The van der Waals surface area contributed by atoms with Crippen molar-refractivity contribution < 1.29 is 18.7 Å². The Morgan fingerprint density at radius 1 is 1.26 bits per heavy atom. The zero-order chi connectivity index (χ0) is 23.9. The van der Waals surface area contributed by atoms with E-state index >= 15 is 0 Å². The van der Waals surface area contributed by atoms with Gasteiger partial charge in [0.1, 0.15) is 16.6 Å². The summed E-state index contributed by atoms with van der Waals surface area (Å²) in [6.07, 6.45) is 2.26. The lowest BCUT2D eigenvalue weighted by Crippen LogP contribution is -2.14. The van der Waals surface area contributed by atoms with Crippen molar-refractivity contribution in [3.8, 4) is 22.1 Å². The van der Waals surface area contributed by atoms with Crippen molar-refractivity contribution in [1.29, 1.82) is 0 Å². The molecule has 0 radical (unpaired) electrons. The summed E-state index contributed by atoms with van der Waals surface area (Å²) in [7, 11) is 1.63. The van der Waals surface area contributed by atoms with E-state index in [1.807, 2.05) is 47.2 Å². The summed E-state index contributed by atoms with van der Waals surface area (Å²) < 4.78 is 18.5. The number of methoxy groups -OCH3 is 1. The van der Waals surface area contributed by atoms with Crippen molar-refractivity contribution in [2.45, 2.75) is 37.2 Å². The number of hydrogen-bond donors (Lipinski definition) is 1. The Balaban J connectivity index is 1.48. The summed E-state index contributed by atoms with van der Waals surface area (Å²) >= 11 is 3.10. The Morgan fingerprint density at radius 3 is 2.88 bits per heavy atom. The van der Waals surface area contributed by atoms with Crippen molar-refractivity contribution in [1.82, 2.24) is 19.7 Å². The minimum Gasteiger partial charge on any atom is -0.493 e. The van der Waals surface area contributed by atoms with Crippen LogP contribution in [0.15, 0.2) is 51.5 Å². The summed E-state index contributed by atoms with van der Waals surface area (Å²) in [6, 6.07) is 9.55. The molecule has 9 nitrogen and oxygen atoms in total. The van der Waals surface area contributed by atoms with Crippen LogP contribution in [0.4, 0.5) is 0 Å². The van der Waals surface area contributed by atoms with Crippen molar-refractivity contribution in [3.63, 3.8) is 0 Å². The lowest BCUT2D eigenvalue weighted by Gasteiger charge is -2.10. The standard InChI is InChI=1S/C23H25N5O4S2/c1-3-31-18-7-6-15(11-19(18)30-2)22-25-16(13-33-22)14-34-23-27-26-21(9-8-20(24)29)28(23)12-17-5-4-10-32-17/h4-7,10-11,13H,3,8-9,12,14H2,1-2H3,(H2,24,29). The van der Waals surface area contributed by atoms with Crippen LogP contribution in [0.5, 0.6) is 11.5 Å². The number of furan rings is 1. The van der Waals surface area contributed by atoms with Gasteiger partial charge in [0, 0.05) is 29.5 Å². The molecule has 0 saturated heterocycles. The summed E-state index contributed by atoms with van der Waals surface area (Å²) in [6.45, 7) is 2.99. The molecule has 0 bridgehead atoms. The van der Waals surface area contributed by atoms with Gasteiger partial charge in [0.05, 0.1) is 32.2 Å². The second-order valence-corrected chi connectivity index (χ2v) is 9.06. The highest BCUT2D eigenvalue weighted by Gasteiger charge is 2.16. The van der Waals surface area contributed by atoms with Crippen molar-refractivity contribution >= 4 is 29.0 Å². The zero-order valence-electron chi connectivity index (χ0n) is 18.9. The van der Waals surface area contributed by atoms with Crippen LogP contribution in [0.25, 0.3) is 10.6 Å². The van der Waals surface area contributed by atoms with Gasteiger partial charge in [-0.25, -0.2) is 4.98 Å². The number of primary amides is 1. The van der Waals surface area contributed by atoms with E-state index in [-0.39, 0.29) is 12.3 Å². The molecule has 178 valence electrons. The number of hydrogen-bond acceptors (Lipinski definition) is 9. The number of benzene rings is 1. The van der Waals surface area contributed by atoms with Gasteiger partial charge in [-0.3, -0.25) is 9.36 Å². The third-order valence-corrected chi connectivity index (χ3v) is 6.83. The molecular formula is C23H25N5O4S2. The maximum atomic E-state index is 11.2. The Bertz CT molecular complexity index is 1240. The van der Waals surface area contributed by atoms with Crippen LogP contribution in [0.2, 0.25) is 0 Å². The summed E-state index contributed by atoms with van der Waals surface area (Å²) in [5.74, 6) is 3.11. The lowest BCUT2D eigenvalue weighted by atomic mass is 10.2. The number of ether oxygens (including phenoxy) is 2. The number of nitrogens with two attached hydrogens (primary N) is 1. The number of carbonyl (C=O) groups excluding carboxylic acids is 1. The highest BCUT2D eigenvalue weighted by molar-refractivity contribution is 7.98. The SMILES string of the molecule is CCOc1ccc(-c2nc(CSc3nnc(CCC(N)=O)n3Cc3ccco3)cs2)cc1OC. The second-order valence-electron chi connectivity index (χ2n) is 7.26. The monoisotopic (exact) mass is 499 g/mol. The van der Waals surface area contributed by atoms with Crippen molar-refractivity contribution in [3.05, 3.63) is 59.3 Å². The van der Waals surface area contributed by atoms with E-state index in [1.54, 1.807) is 24.7 Å². The molecule has 0 unspecified atom stereocenters. The molecule has 2 N–H and O–H groups in total. The van der Waals surface area contributed by atoms with Crippen LogP contribution in [0.1, 0.15) is 30.6 Å². The fourth-order valence-electron chi connectivity index (χ4n) is 3.28. The molecule has 3 aromatic heterocycles. The molecular weight excluding hydrogens is 474 g/mol. The van der Waals surface area contributed by atoms with Gasteiger partial charge in [-0.1, -0.05) is 11.8 Å². The van der Waals surface area contributed by atoms with E-state index in [9.17, 15) is 4.79 Å². The first-order valence-electron chi connectivity index (χ1n) is 10.7. The number of aryl methyl sites for hydroxylation is 1. The number of carbonyl (C=O) groups is 1. The number of aromatic nitrogens is 4. The molecule has 0 atom stereocenters. The third kappa shape index (κ3) is 5.78. The highest BCUT2D eigenvalue weighted by atomic mass is 32.2. The largest absolute Gasteiger partial charge is 0.493 e. The van der Waals surface area contributed by atoms with Crippen LogP contribution in [0.3, 0.4) is 0 Å². The van der Waals surface area contributed by atoms with Crippen molar-refractivity contribution in [2.24, 2.45) is 5.73 Å². The van der Waals surface area contributed by atoms with Crippen LogP contribution in [0, 0.1) is 0 Å². The molecule has 0 fully saturated rings. The molecule has 0 aliphatic carbocycles. The van der Waals surface area contributed by atoms with Gasteiger partial charge in [0.15, 0.2) is 16.7 Å². The molecule has 4 aromatic rings. The topological polar surface area (TPSA) is 118 Å². The fraction of sp³-hybridized carbons (Fsp3) is 0.304. The number of thioether (sulfide) groups is 1. The predicted octanol–water partition coefficient (Wildman–Crippen LogP) is 4.16. The maximum absolute atomic E-state index is 11.2. The van der Waals surface area contributed by atoms with E-state index in [0.717, 1.165) is 27.2 Å². The van der Waals surface area contributed by atoms with Gasteiger partial charge in [-0.15, -0.1) is 21.5 Å². The zero-order valence-corrected chi connectivity index (χ0v) is 20.5. The molecule has 0 aliphatic rings. The minimum absolute atomic E-state index is 0.210. The Labute approximate surface area is 205 Å². The van der Waals surface area contributed by atoms with Crippen molar-refractivity contribution in [2.75, 3.05) is 13.7 Å². The minimum atomic E-state index is -0.373. The number of thiazole rings is 1. The fourth-order valence-corrected chi connectivity index (χ4v) is 5.05. The van der Waals surface area contributed by atoms with Gasteiger partial charge in [-0.05, 0) is 37.3 Å². The smallest absolute Gasteiger partial charge is 0.217 e. The molecule has 34 heavy (non-hydrogen) atoms. The first-order valence-corrected chi connectivity index (χ1v) is 12.5. The maximum Gasteiger partial charge on any atom is 0.217 e. The molecule has 3 heterocycles. The van der Waals surface area contributed by atoms with Gasteiger partial charge in [0.25, 0.3) is 0 Å². The molecule has 11 heteroatoms. The molecule has 1 amide bonds. The summed E-state index contributed by atoms with van der Waals surface area (Å²) in [5.41, 5.74) is 7.22. The van der Waals surface area contributed by atoms with Crippen LogP contribution >= 0.6 is 23.1 Å². The Hall–Kier alpha value is -3.31. The van der Waals surface area contributed by atoms with Crippen LogP contribution in [-0.2, 0) is 23.5 Å². The van der Waals surface area contributed by atoms with Gasteiger partial charge in [-0.2, -0.15) is 0 Å². The third-order valence-electron chi connectivity index (χ3n) is 4.89. The first kappa shape index (κ1) is 23.8. The Kier molecular flexibility index (Phi) is 7.86. The Morgan fingerprint density at radius 2 is 2.15 bits per heavy atom. The molecule has 4 rings (SSSR count). The van der Waals surface area contributed by atoms with E-state index in [0.29, 0.717) is 42.6 Å². The molecule has 1 aromatic carbocycles. The molecule has 0 saturated carbocycles. The highest BCUT2D eigenvalue weighted by Crippen LogP contribution is 2.34. The lowest BCUT2D eigenvalue weighted by molar-refractivity contribution is -0.118. The van der Waals surface area contributed by atoms with Crippen LogP contribution < -0.4 is 15.2 Å². The van der Waals surface area contributed by atoms with E-state index in [4.69, 9.17) is 24.6 Å². The number of rotatable bonds is 12. The number of amides is 1. The second kappa shape index (κ2) is 11.2.